The number of amides is 2. The predicted octanol–water partition coefficient (Wildman–Crippen LogP) is 3.03. The van der Waals surface area contributed by atoms with Crippen molar-refractivity contribution in [2.24, 2.45) is 20.0 Å². The van der Waals surface area contributed by atoms with Gasteiger partial charge in [-0.2, -0.15) is 23.4 Å². The number of alkyl halides is 3. The number of thiophene rings is 1. The molecule has 0 saturated heterocycles. The molecule has 8 nitrogen and oxygen atoms in total. The lowest BCUT2D eigenvalue weighted by Crippen LogP contribution is -2.30. The van der Waals surface area contributed by atoms with Crippen molar-refractivity contribution >= 4 is 39.1 Å². The van der Waals surface area contributed by atoms with Crippen LogP contribution in [0, 0.1) is 5.92 Å². The molecule has 0 spiro atoms. The van der Waals surface area contributed by atoms with E-state index >= 15 is 0 Å². The maximum atomic E-state index is 13.1. The Hall–Kier alpha value is -2.89. The van der Waals surface area contributed by atoms with Crippen LogP contribution in [0.1, 0.15) is 39.7 Å². The van der Waals surface area contributed by atoms with Crippen LogP contribution >= 0.6 is 11.3 Å². The number of aromatic nitrogens is 4. The summed E-state index contributed by atoms with van der Waals surface area (Å²) in [7, 11) is 2.94. The molecule has 0 aliphatic heterocycles. The molecule has 12 heteroatoms. The van der Waals surface area contributed by atoms with E-state index < -0.39 is 23.7 Å². The second-order valence-electron chi connectivity index (χ2n) is 6.89. The number of carbonyl (C=O) groups excluding carboxylic acids is 2. The van der Waals surface area contributed by atoms with Gasteiger partial charge in [-0.3, -0.25) is 19.0 Å². The van der Waals surface area contributed by atoms with E-state index in [1.165, 1.54) is 17.9 Å². The molecule has 156 valence electrons. The molecule has 0 aliphatic carbocycles. The Morgan fingerprint density at radius 3 is 2.52 bits per heavy atom. The Kier molecular flexibility index (Phi) is 5.39. The van der Waals surface area contributed by atoms with Crippen molar-refractivity contribution in [1.82, 2.24) is 24.9 Å². The number of nitrogens with zero attached hydrogens (tertiary/aromatic N) is 4. The number of anilines is 1. The summed E-state index contributed by atoms with van der Waals surface area (Å²) < 4.78 is 41.8. The first-order chi connectivity index (χ1) is 13.5. The van der Waals surface area contributed by atoms with E-state index in [4.69, 9.17) is 0 Å². The Balaban J connectivity index is 1.87. The average Bonchev–Trinajstić information content (AvgIpc) is 3.27. The first-order valence-corrected chi connectivity index (χ1v) is 9.46. The highest BCUT2D eigenvalue weighted by atomic mass is 32.1. The third-order valence-electron chi connectivity index (χ3n) is 4.08. The molecule has 0 saturated carbocycles. The minimum atomic E-state index is -4.63. The van der Waals surface area contributed by atoms with Crippen molar-refractivity contribution < 1.29 is 22.8 Å². The largest absolute Gasteiger partial charge is 0.435 e. The zero-order valence-electron chi connectivity index (χ0n) is 16.1. The SMILES string of the molecule is CC(C)CNC(=O)c1c(NC(=O)c2cc3c(C(F)(F)F)nn(C)c3s2)cnn1C. The molecule has 0 bridgehead atoms. The molecule has 2 amide bonds. The fourth-order valence-electron chi connectivity index (χ4n) is 2.72. The van der Waals surface area contributed by atoms with Crippen LogP contribution in [0.4, 0.5) is 18.9 Å². The zero-order valence-corrected chi connectivity index (χ0v) is 16.9. The molecular weight excluding hydrogens is 409 g/mol. The van der Waals surface area contributed by atoms with Gasteiger partial charge >= 0.3 is 6.18 Å². The highest BCUT2D eigenvalue weighted by Crippen LogP contribution is 2.37. The van der Waals surface area contributed by atoms with Crippen LogP contribution in [0.2, 0.25) is 0 Å². The summed E-state index contributed by atoms with van der Waals surface area (Å²) in [5, 5.41) is 12.6. The summed E-state index contributed by atoms with van der Waals surface area (Å²) in [4.78, 5) is 25.3. The van der Waals surface area contributed by atoms with E-state index in [1.54, 1.807) is 7.05 Å². The van der Waals surface area contributed by atoms with Crippen LogP contribution in [0.5, 0.6) is 0 Å². The first kappa shape index (κ1) is 20.8. The van der Waals surface area contributed by atoms with Gasteiger partial charge in [0, 0.05) is 26.0 Å². The Labute approximate surface area is 167 Å². The number of carbonyl (C=O) groups is 2. The standard InChI is InChI=1S/C17H19F3N6O2S/c1-8(2)6-21-15(28)12-10(7-22-25(12)3)23-14(27)11-5-9-13(17(18,19)20)24-26(4)16(9)29-11/h5,7-8H,6H2,1-4H3,(H,21,28)(H,23,27). The first-order valence-electron chi connectivity index (χ1n) is 8.64. The third-order valence-corrected chi connectivity index (χ3v) is 5.28. The monoisotopic (exact) mass is 428 g/mol. The van der Waals surface area contributed by atoms with E-state index in [2.05, 4.69) is 20.8 Å². The minimum absolute atomic E-state index is 0.0656. The van der Waals surface area contributed by atoms with Gasteiger partial charge in [-0.05, 0) is 12.0 Å². The van der Waals surface area contributed by atoms with Crippen molar-refractivity contribution in [3.63, 3.8) is 0 Å². The predicted molar refractivity (Wildman–Crippen MR) is 102 cm³/mol. The summed E-state index contributed by atoms with van der Waals surface area (Å²) in [6.45, 7) is 4.33. The lowest BCUT2D eigenvalue weighted by molar-refractivity contribution is -0.140. The average molecular weight is 428 g/mol. The van der Waals surface area contributed by atoms with Crippen LogP contribution in [-0.2, 0) is 20.3 Å². The van der Waals surface area contributed by atoms with Gasteiger partial charge in [0.25, 0.3) is 11.8 Å². The minimum Gasteiger partial charge on any atom is -0.350 e. The van der Waals surface area contributed by atoms with Crippen molar-refractivity contribution in [2.45, 2.75) is 20.0 Å². The van der Waals surface area contributed by atoms with Gasteiger partial charge in [0.2, 0.25) is 0 Å². The molecule has 0 unspecified atom stereocenters. The molecule has 3 heterocycles. The topological polar surface area (TPSA) is 93.8 Å². The number of fused-ring (bicyclic) bond motifs is 1. The second-order valence-corrected chi connectivity index (χ2v) is 7.92. The number of nitrogens with one attached hydrogen (secondary N) is 2. The highest BCUT2D eigenvalue weighted by Gasteiger charge is 2.37. The Morgan fingerprint density at radius 2 is 1.90 bits per heavy atom. The smallest absolute Gasteiger partial charge is 0.350 e. The maximum Gasteiger partial charge on any atom is 0.435 e. The molecule has 3 aromatic rings. The molecule has 29 heavy (non-hydrogen) atoms. The molecule has 0 atom stereocenters. The van der Waals surface area contributed by atoms with Crippen LogP contribution in [-0.4, -0.2) is 37.9 Å². The van der Waals surface area contributed by atoms with Gasteiger partial charge in [-0.15, -0.1) is 11.3 Å². The van der Waals surface area contributed by atoms with Crippen molar-refractivity contribution in [2.75, 3.05) is 11.9 Å². The van der Waals surface area contributed by atoms with Crippen molar-refractivity contribution in [3.8, 4) is 0 Å². The van der Waals surface area contributed by atoms with Gasteiger partial charge in [-0.1, -0.05) is 13.8 Å². The number of hydrogen-bond acceptors (Lipinski definition) is 5. The molecule has 0 radical (unpaired) electrons. The summed E-state index contributed by atoms with van der Waals surface area (Å²) in [6.07, 6.45) is -3.31. The lowest BCUT2D eigenvalue weighted by Gasteiger charge is -2.10. The van der Waals surface area contributed by atoms with E-state index in [0.29, 0.717) is 6.54 Å². The molecule has 3 aromatic heterocycles. The van der Waals surface area contributed by atoms with E-state index in [9.17, 15) is 22.8 Å². The zero-order chi connectivity index (χ0) is 21.5. The normalized spacial score (nSPS) is 12.0. The Morgan fingerprint density at radius 1 is 1.21 bits per heavy atom. The van der Waals surface area contributed by atoms with Crippen molar-refractivity contribution in [3.05, 3.63) is 28.5 Å². The van der Waals surface area contributed by atoms with Crippen molar-refractivity contribution in [1.29, 1.82) is 0 Å². The van der Waals surface area contributed by atoms with E-state index in [0.717, 1.165) is 22.1 Å². The van der Waals surface area contributed by atoms with Gasteiger partial charge in [0.05, 0.1) is 16.8 Å². The number of rotatable bonds is 5. The van der Waals surface area contributed by atoms with Crippen LogP contribution in [0.3, 0.4) is 0 Å². The summed E-state index contributed by atoms with van der Waals surface area (Å²) in [6, 6.07) is 1.15. The van der Waals surface area contributed by atoms with Gasteiger partial charge in [0.15, 0.2) is 5.69 Å². The van der Waals surface area contributed by atoms with E-state index in [-0.39, 0.29) is 32.4 Å². The van der Waals surface area contributed by atoms with Crippen LogP contribution < -0.4 is 10.6 Å². The van der Waals surface area contributed by atoms with E-state index in [1.807, 2.05) is 13.8 Å². The van der Waals surface area contributed by atoms with Gasteiger partial charge in [0.1, 0.15) is 10.5 Å². The van der Waals surface area contributed by atoms with Crippen LogP contribution in [0.25, 0.3) is 10.2 Å². The molecule has 0 aliphatic rings. The lowest BCUT2D eigenvalue weighted by atomic mass is 10.2. The molecular formula is C17H19F3N6O2S. The highest BCUT2D eigenvalue weighted by molar-refractivity contribution is 7.20. The fraction of sp³-hybridized carbons (Fsp3) is 0.412. The van der Waals surface area contributed by atoms with Gasteiger partial charge in [-0.25, -0.2) is 0 Å². The quantitative estimate of drug-likeness (QED) is 0.653. The maximum absolute atomic E-state index is 13.1. The summed E-state index contributed by atoms with van der Waals surface area (Å²) >= 11 is 0.884. The molecule has 0 fully saturated rings. The Bertz CT molecular complexity index is 1080. The third kappa shape index (κ3) is 4.11. The van der Waals surface area contributed by atoms with Crippen LogP contribution in [0.15, 0.2) is 12.3 Å². The summed E-state index contributed by atoms with van der Waals surface area (Å²) in [5.41, 5.74) is -0.719. The molecule has 2 N–H and O–H groups in total. The number of aryl methyl sites for hydroxylation is 2. The van der Waals surface area contributed by atoms with Gasteiger partial charge < -0.3 is 10.6 Å². The molecule has 3 rings (SSSR count). The molecule has 0 aromatic carbocycles. The number of hydrogen-bond donors (Lipinski definition) is 2. The number of halogens is 3. The summed E-state index contributed by atoms with van der Waals surface area (Å²) in [5.74, 6) is -0.806. The second kappa shape index (κ2) is 7.50. The fourth-order valence-corrected chi connectivity index (χ4v) is 3.69.